The van der Waals surface area contributed by atoms with Gasteiger partial charge in [0.25, 0.3) is 0 Å². The van der Waals surface area contributed by atoms with Crippen LogP contribution in [0.2, 0.25) is 0 Å². The van der Waals surface area contributed by atoms with Gasteiger partial charge in [-0.1, -0.05) is 13.3 Å². The zero-order chi connectivity index (χ0) is 14.9. The van der Waals surface area contributed by atoms with Crippen molar-refractivity contribution in [3.05, 3.63) is 0 Å². The van der Waals surface area contributed by atoms with E-state index >= 15 is 0 Å². The minimum atomic E-state index is -2.74. The third-order valence-electron chi connectivity index (χ3n) is 5.66. The molecule has 3 aliphatic rings. The summed E-state index contributed by atoms with van der Waals surface area (Å²) in [6, 6.07) is 2.59. The van der Waals surface area contributed by atoms with Crippen LogP contribution in [-0.2, 0) is 9.84 Å². The Morgan fingerprint density at radius 2 is 1.62 bits per heavy atom. The van der Waals surface area contributed by atoms with Crippen molar-refractivity contribution in [1.29, 1.82) is 0 Å². The van der Waals surface area contributed by atoms with E-state index in [1.165, 1.54) is 38.5 Å². The van der Waals surface area contributed by atoms with Crippen LogP contribution in [0.15, 0.2) is 0 Å². The summed E-state index contributed by atoms with van der Waals surface area (Å²) in [6.07, 6.45) is 9.44. The lowest BCUT2D eigenvalue weighted by Crippen LogP contribution is -2.60. The molecule has 0 saturated carbocycles. The van der Waals surface area contributed by atoms with Crippen LogP contribution in [0.1, 0.15) is 58.3 Å². The first-order valence-electron chi connectivity index (χ1n) is 8.80. The Bertz CT molecular complexity index is 423. The number of nitrogens with one attached hydrogen (secondary N) is 1. The molecule has 2 unspecified atom stereocenters. The van der Waals surface area contributed by atoms with E-state index in [1.807, 2.05) is 0 Å². The summed E-state index contributed by atoms with van der Waals surface area (Å²) in [5.74, 6) is 0.816. The smallest absolute Gasteiger partial charge is 0.150 e. The molecule has 2 atom stereocenters. The van der Waals surface area contributed by atoms with E-state index in [9.17, 15) is 8.42 Å². The van der Waals surface area contributed by atoms with Gasteiger partial charge < -0.3 is 5.32 Å². The van der Waals surface area contributed by atoms with E-state index in [-0.39, 0.29) is 0 Å². The maximum Gasteiger partial charge on any atom is 0.150 e. The summed E-state index contributed by atoms with van der Waals surface area (Å²) in [6.45, 7) is 3.36. The first-order valence-corrected chi connectivity index (χ1v) is 10.6. The monoisotopic (exact) mass is 314 g/mol. The van der Waals surface area contributed by atoms with E-state index in [1.54, 1.807) is 0 Å². The van der Waals surface area contributed by atoms with Gasteiger partial charge in [-0.15, -0.1) is 0 Å². The number of rotatable bonds is 4. The molecule has 0 aliphatic carbocycles. The molecule has 0 aromatic heterocycles. The Morgan fingerprint density at radius 3 is 2.19 bits per heavy atom. The molecule has 2 bridgehead atoms. The summed E-state index contributed by atoms with van der Waals surface area (Å²) >= 11 is 0. The highest BCUT2D eigenvalue weighted by atomic mass is 32.2. The van der Waals surface area contributed by atoms with Gasteiger partial charge in [0.15, 0.2) is 0 Å². The third kappa shape index (κ3) is 3.62. The third-order valence-corrected chi connectivity index (χ3v) is 7.38. The molecule has 3 fully saturated rings. The van der Waals surface area contributed by atoms with Crippen LogP contribution >= 0.6 is 0 Å². The van der Waals surface area contributed by atoms with Gasteiger partial charge in [0, 0.05) is 24.2 Å². The first-order chi connectivity index (χ1) is 10.1. The van der Waals surface area contributed by atoms with Gasteiger partial charge in [0.1, 0.15) is 9.84 Å². The highest BCUT2D eigenvalue weighted by Gasteiger charge is 2.42. The van der Waals surface area contributed by atoms with Crippen molar-refractivity contribution >= 4 is 9.84 Å². The van der Waals surface area contributed by atoms with Crippen molar-refractivity contribution in [1.82, 2.24) is 10.2 Å². The van der Waals surface area contributed by atoms with E-state index in [0.29, 0.717) is 35.7 Å². The predicted molar refractivity (Wildman–Crippen MR) is 86.3 cm³/mol. The molecule has 21 heavy (non-hydrogen) atoms. The van der Waals surface area contributed by atoms with Crippen molar-refractivity contribution in [3.8, 4) is 0 Å². The van der Waals surface area contributed by atoms with E-state index in [0.717, 1.165) is 19.4 Å². The molecule has 3 rings (SSSR count). The maximum atomic E-state index is 11.7. The topological polar surface area (TPSA) is 49.4 Å². The molecule has 5 heteroatoms. The van der Waals surface area contributed by atoms with E-state index < -0.39 is 9.84 Å². The van der Waals surface area contributed by atoms with Crippen molar-refractivity contribution in [2.45, 2.75) is 82.5 Å². The van der Waals surface area contributed by atoms with Crippen LogP contribution in [0.5, 0.6) is 0 Å². The summed E-state index contributed by atoms with van der Waals surface area (Å²) in [5, 5.41) is 3.71. The lowest BCUT2D eigenvalue weighted by molar-refractivity contribution is -0.0138. The Labute approximate surface area is 129 Å². The SMILES string of the molecule is CCCNC1CC2CCCC(C1)N2C1CCS(=O)(=O)CC1. The van der Waals surface area contributed by atoms with Crippen molar-refractivity contribution in [3.63, 3.8) is 0 Å². The Hall–Kier alpha value is -0.130. The van der Waals surface area contributed by atoms with Crippen LogP contribution in [0.25, 0.3) is 0 Å². The van der Waals surface area contributed by atoms with E-state index in [4.69, 9.17) is 0 Å². The summed E-state index contributed by atoms with van der Waals surface area (Å²) in [7, 11) is -2.74. The molecule has 0 radical (unpaired) electrons. The number of hydrogen-bond acceptors (Lipinski definition) is 4. The standard InChI is InChI=1S/C16H30N2O2S/c1-2-8-17-13-11-15-4-3-5-16(12-13)18(15)14-6-9-21(19,20)10-7-14/h13-17H,2-12H2,1H3. The summed E-state index contributed by atoms with van der Waals surface area (Å²) < 4.78 is 23.3. The number of sulfone groups is 1. The molecule has 1 N–H and O–H groups in total. The zero-order valence-corrected chi connectivity index (χ0v) is 14.1. The number of nitrogens with zero attached hydrogens (tertiary/aromatic N) is 1. The van der Waals surface area contributed by atoms with E-state index in [2.05, 4.69) is 17.1 Å². The van der Waals surface area contributed by atoms with Crippen molar-refractivity contribution < 1.29 is 8.42 Å². The molecule has 122 valence electrons. The fraction of sp³-hybridized carbons (Fsp3) is 1.00. The van der Waals surface area contributed by atoms with Crippen molar-refractivity contribution in [2.75, 3.05) is 18.1 Å². The summed E-state index contributed by atoms with van der Waals surface area (Å²) in [4.78, 5) is 2.74. The Kier molecular flexibility index (Phi) is 4.91. The Balaban J connectivity index is 1.64. The van der Waals surface area contributed by atoms with Gasteiger partial charge in [0.05, 0.1) is 11.5 Å². The van der Waals surface area contributed by atoms with Crippen LogP contribution in [0.4, 0.5) is 0 Å². The van der Waals surface area contributed by atoms with Gasteiger partial charge in [-0.3, -0.25) is 4.90 Å². The van der Waals surface area contributed by atoms with Gasteiger partial charge >= 0.3 is 0 Å². The average molecular weight is 314 g/mol. The molecule has 0 spiro atoms. The largest absolute Gasteiger partial charge is 0.314 e. The molecule has 0 aromatic rings. The fourth-order valence-corrected chi connectivity index (χ4v) is 6.17. The van der Waals surface area contributed by atoms with Crippen LogP contribution < -0.4 is 5.32 Å². The number of hydrogen-bond donors (Lipinski definition) is 1. The predicted octanol–water partition coefficient (Wildman–Crippen LogP) is 1.95. The second kappa shape index (κ2) is 6.55. The highest BCUT2D eigenvalue weighted by molar-refractivity contribution is 7.91. The van der Waals surface area contributed by atoms with Crippen LogP contribution in [0, 0.1) is 0 Å². The van der Waals surface area contributed by atoms with Gasteiger partial charge in [-0.2, -0.15) is 0 Å². The molecule has 3 heterocycles. The lowest BCUT2D eigenvalue weighted by atomic mass is 9.80. The quantitative estimate of drug-likeness (QED) is 0.862. The second-order valence-corrected chi connectivity index (χ2v) is 9.49. The average Bonchev–Trinajstić information content (AvgIpc) is 2.44. The molecule has 4 nitrogen and oxygen atoms in total. The maximum absolute atomic E-state index is 11.7. The normalized spacial score (nSPS) is 37.5. The fourth-order valence-electron chi connectivity index (χ4n) is 4.70. The lowest BCUT2D eigenvalue weighted by Gasteiger charge is -2.53. The second-order valence-electron chi connectivity index (χ2n) is 7.19. The zero-order valence-electron chi connectivity index (χ0n) is 13.3. The molecular weight excluding hydrogens is 284 g/mol. The molecule has 0 amide bonds. The minimum Gasteiger partial charge on any atom is -0.314 e. The number of fused-ring (bicyclic) bond motifs is 2. The number of piperidine rings is 2. The van der Waals surface area contributed by atoms with Crippen molar-refractivity contribution in [2.24, 2.45) is 0 Å². The van der Waals surface area contributed by atoms with Gasteiger partial charge in [-0.25, -0.2) is 8.42 Å². The van der Waals surface area contributed by atoms with Gasteiger partial charge in [0.2, 0.25) is 0 Å². The van der Waals surface area contributed by atoms with Crippen LogP contribution in [-0.4, -0.2) is 55.5 Å². The first kappa shape index (κ1) is 15.8. The molecular formula is C16H30N2O2S. The molecule has 0 aromatic carbocycles. The molecule has 3 aliphatic heterocycles. The van der Waals surface area contributed by atoms with Gasteiger partial charge in [-0.05, 0) is 51.5 Å². The highest BCUT2D eigenvalue weighted by Crippen LogP contribution is 2.38. The minimum absolute atomic E-state index is 0.408. The van der Waals surface area contributed by atoms with Crippen LogP contribution in [0.3, 0.4) is 0 Å². The Morgan fingerprint density at radius 1 is 1.00 bits per heavy atom. The summed E-state index contributed by atoms with van der Waals surface area (Å²) in [5.41, 5.74) is 0. The molecule has 3 saturated heterocycles.